The number of hydrogen-bond donors (Lipinski definition) is 2. The highest BCUT2D eigenvalue weighted by Gasteiger charge is 2.53. The molecule has 1 fully saturated rings. The van der Waals surface area contributed by atoms with Crippen LogP contribution in [0.15, 0.2) is 54.9 Å². The molecule has 2 N–H and O–H groups in total. The van der Waals surface area contributed by atoms with Gasteiger partial charge in [0.15, 0.2) is 5.69 Å². The number of hydrogen-bond acceptors (Lipinski definition) is 5. The summed E-state index contributed by atoms with van der Waals surface area (Å²) >= 11 is 0. The number of rotatable bonds is 8. The van der Waals surface area contributed by atoms with Gasteiger partial charge in [0.05, 0.1) is 20.0 Å². The number of nitrogens with one attached hydrogen (secondary N) is 2. The van der Waals surface area contributed by atoms with Gasteiger partial charge in [0.25, 0.3) is 11.8 Å². The van der Waals surface area contributed by atoms with Gasteiger partial charge in [-0.05, 0) is 55.2 Å². The summed E-state index contributed by atoms with van der Waals surface area (Å²) < 4.78 is 19.9. The van der Waals surface area contributed by atoms with Crippen LogP contribution in [0.5, 0.6) is 5.75 Å². The average molecular weight is 506 g/mol. The summed E-state index contributed by atoms with van der Waals surface area (Å²) in [5, 5.41) is 5.71. The van der Waals surface area contributed by atoms with Crippen molar-refractivity contribution in [3.63, 3.8) is 0 Å². The van der Waals surface area contributed by atoms with Crippen molar-refractivity contribution in [2.75, 3.05) is 7.11 Å². The van der Waals surface area contributed by atoms with Gasteiger partial charge < -0.3 is 24.8 Å². The monoisotopic (exact) mass is 505 g/mol. The lowest BCUT2D eigenvalue weighted by atomic mass is 9.93. The molecule has 1 saturated carbocycles. The Balaban J connectivity index is 1.33. The second kappa shape index (κ2) is 9.68. The van der Waals surface area contributed by atoms with Gasteiger partial charge in [0.2, 0.25) is 5.91 Å². The number of halogens is 1. The number of carbonyl (C=O) groups is 3. The van der Waals surface area contributed by atoms with E-state index in [9.17, 15) is 18.8 Å². The van der Waals surface area contributed by atoms with Gasteiger partial charge in [-0.3, -0.25) is 14.4 Å². The fourth-order valence-corrected chi connectivity index (χ4v) is 4.71. The molecule has 37 heavy (non-hydrogen) atoms. The number of fused-ring (bicyclic) bond motifs is 1. The number of ether oxygens (including phenoxy) is 1. The van der Waals surface area contributed by atoms with Gasteiger partial charge in [-0.25, -0.2) is 9.37 Å². The quantitative estimate of drug-likeness (QED) is 0.490. The fourth-order valence-electron chi connectivity index (χ4n) is 4.71. The van der Waals surface area contributed by atoms with Crippen LogP contribution in [0.4, 0.5) is 4.39 Å². The Morgan fingerprint density at radius 3 is 2.30 bits per heavy atom. The molecule has 0 radical (unpaired) electrons. The molecular weight excluding hydrogens is 477 g/mol. The maximum Gasteiger partial charge on any atom is 0.274 e. The summed E-state index contributed by atoms with van der Waals surface area (Å²) in [6.45, 7) is 2.40. The van der Waals surface area contributed by atoms with E-state index >= 15 is 0 Å². The molecule has 0 bridgehead atoms. The van der Waals surface area contributed by atoms with E-state index in [4.69, 9.17) is 4.74 Å². The maximum atomic E-state index is 13.7. The first-order valence-corrected chi connectivity index (χ1v) is 12.1. The molecule has 5 rings (SSSR count). The molecular formula is C27H28FN5O4. The van der Waals surface area contributed by atoms with Gasteiger partial charge in [-0.1, -0.05) is 24.3 Å². The average Bonchev–Trinajstić information content (AvgIpc) is 3.64. The van der Waals surface area contributed by atoms with Crippen LogP contribution in [0.25, 0.3) is 0 Å². The second-order valence-corrected chi connectivity index (χ2v) is 9.59. The van der Waals surface area contributed by atoms with Gasteiger partial charge in [-0.2, -0.15) is 0 Å². The van der Waals surface area contributed by atoms with Crippen LogP contribution < -0.4 is 15.4 Å². The van der Waals surface area contributed by atoms with E-state index < -0.39 is 11.4 Å². The summed E-state index contributed by atoms with van der Waals surface area (Å²) in [5.41, 5.74) is 0.666. The Kier molecular flexibility index (Phi) is 6.41. The molecule has 0 unspecified atom stereocenters. The Bertz CT molecular complexity index is 1330. The predicted octanol–water partition coefficient (Wildman–Crippen LogP) is 2.65. The standard InChI is InChI=1S/C27H28FN5O4/c1-27(26(36)30-14-18-5-11-21(37-2)12-6-18)15-32-16-31-22(23(32)25(35)33(27)20-9-10-20)24(34)29-13-17-3-7-19(28)8-4-17/h3-8,11-12,16,20H,9-10,13-15H2,1-2H3,(H,29,34)(H,30,36)/t27-/m1/s1. The van der Waals surface area contributed by atoms with Crippen molar-refractivity contribution in [1.82, 2.24) is 25.1 Å². The molecule has 2 aliphatic rings. The number of benzene rings is 2. The third-order valence-corrected chi connectivity index (χ3v) is 6.86. The molecule has 1 atom stereocenters. The van der Waals surface area contributed by atoms with Crippen LogP contribution in [-0.2, 0) is 24.4 Å². The Labute approximate surface area is 213 Å². The number of nitrogens with zero attached hydrogens (tertiary/aromatic N) is 3. The minimum atomic E-state index is -1.14. The van der Waals surface area contributed by atoms with Crippen molar-refractivity contribution in [1.29, 1.82) is 0 Å². The van der Waals surface area contributed by atoms with Crippen molar-refractivity contribution in [2.45, 2.75) is 51.0 Å². The largest absolute Gasteiger partial charge is 0.497 e. The SMILES string of the molecule is COc1ccc(CNC(=O)[C@@]2(C)Cn3cnc(C(=O)NCc4ccc(F)cc4)c3C(=O)N2C2CC2)cc1. The van der Waals surface area contributed by atoms with Gasteiger partial charge in [0, 0.05) is 19.1 Å². The van der Waals surface area contributed by atoms with Crippen LogP contribution in [-0.4, -0.2) is 50.9 Å². The zero-order valence-electron chi connectivity index (χ0n) is 20.7. The van der Waals surface area contributed by atoms with Crippen LogP contribution in [0.2, 0.25) is 0 Å². The summed E-state index contributed by atoms with van der Waals surface area (Å²) in [6, 6.07) is 13.1. The molecule has 192 valence electrons. The highest BCUT2D eigenvalue weighted by atomic mass is 19.1. The first-order valence-electron chi connectivity index (χ1n) is 12.1. The van der Waals surface area contributed by atoms with Crippen molar-refractivity contribution in [3.8, 4) is 5.75 Å². The molecule has 3 aromatic rings. The molecule has 3 amide bonds. The smallest absolute Gasteiger partial charge is 0.274 e. The normalized spacial score (nSPS) is 18.8. The molecule has 2 heterocycles. The fraction of sp³-hybridized carbons (Fsp3) is 0.333. The van der Waals surface area contributed by atoms with E-state index in [1.165, 1.54) is 18.5 Å². The molecule has 1 aliphatic heterocycles. The van der Waals surface area contributed by atoms with E-state index in [1.54, 1.807) is 35.6 Å². The molecule has 0 spiro atoms. The van der Waals surface area contributed by atoms with Crippen LogP contribution in [0, 0.1) is 5.82 Å². The Morgan fingerprint density at radius 2 is 1.68 bits per heavy atom. The highest BCUT2D eigenvalue weighted by molar-refractivity contribution is 6.07. The Hall–Kier alpha value is -4.21. The first-order chi connectivity index (χ1) is 17.8. The minimum absolute atomic E-state index is 0.0125. The van der Waals surface area contributed by atoms with Gasteiger partial charge in [-0.15, -0.1) is 0 Å². The summed E-state index contributed by atoms with van der Waals surface area (Å²) in [5.74, 6) is -0.801. The number of carbonyl (C=O) groups excluding carboxylic acids is 3. The minimum Gasteiger partial charge on any atom is -0.497 e. The highest BCUT2D eigenvalue weighted by Crippen LogP contribution is 2.38. The summed E-state index contributed by atoms with van der Waals surface area (Å²) in [7, 11) is 1.59. The third kappa shape index (κ3) is 4.78. The van der Waals surface area contributed by atoms with Gasteiger partial charge >= 0.3 is 0 Å². The lowest BCUT2D eigenvalue weighted by molar-refractivity contribution is -0.133. The zero-order chi connectivity index (χ0) is 26.2. The molecule has 9 nitrogen and oxygen atoms in total. The zero-order valence-corrected chi connectivity index (χ0v) is 20.7. The molecule has 0 saturated heterocycles. The molecule has 1 aliphatic carbocycles. The van der Waals surface area contributed by atoms with E-state index in [-0.39, 0.29) is 48.2 Å². The van der Waals surface area contributed by atoms with Crippen molar-refractivity contribution < 1.29 is 23.5 Å². The number of aromatic nitrogens is 2. The van der Waals surface area contributed by atoms with Crippen LogP contribution in [0.1, 0.15) is 51.9 Å². The maximum absolute atomic E-state index is 13.7. The van der Waals surface area contributed by atoms with Crippen molar-refractivity contribution in [3.05, 3.63) is 83.2 Å². The first kappa shape index (κ1) is 24.5. The predicted molar refractivity (Wildman–Crippen MR) is 132 cm³/mol. The van der Waals surface area contributed by atoms with Crippen molar-refractivity contribution >= 4 is 17.7 Å². The van der Waals surface area contributed by atoms with Crippen molar-refractivity contribution in [2.24, 2.45) is 0 Å². The topological polar surface area (TPSA) is 106 Å². The van der Waals surface area contributed by atoms with Crippen LogP contribution in [0.3, 0.4) is 0 Å². The third-order valence-electron chi connectivity index (χ3n) is 6.86. The summed E-state index contributed by atoms with van der Waals surface area (Å²) in [6.07, 6.45) is 3.03. The number of amides is 3. The van der Waals surface area contributed by atoms with Gasteiger partial charge in [0.1, 0.15) is 22.8 Å². The molecule has 2 aromatic carbocycles. The molecule has 10 heteroatoms. The summed E-state index contributed by atoms with van der Waals surface area (Å²) in [4.78, 5) is 46.0. The van der Waals surface area contributed by atoms with E-state index in [0.29, 0.717) is 6.54 Å². The van der Waals surface area contributed by atoms with E-state index in [1.807, 2.05) is 24.3 Å². The number of imidazole rings is 1. The molecule has 1 aromatic heterocycles. The second-order valence-electron chi connectivity index (χ2n) is 9.59. The Morgan fingerprint density at radius 1 is 1.05 bits per heavy atom. The van der Waals surface area contributed by atoms with Crippen LogP contribution >= 0.6 is 0 Å². The lowest BCUT2D eigenvalue weighted by Gasteiger charge is -2.44. The van der Waals surface area contributed by atoms with E-state index in [0.717, 1.165) is 29.7 Å². The lowest BCUT2D eigenvalue weighted by Crippen LogP contribution is -2.64. The van der Waals surface area contributed by atoms with E-state index in [2.05, 4.69) is 15.6 Å². The number of methoxy groups -OCH3 is 1.